The molecular formula is C28H31N7O3S. The zero-order chi connectivity index (χ0) is 27.4. The molecule has 0 radical (unpaired) electrons. The van der Waals surface area contributed by atoms with Crippen LogP contribution in [0.3, 0.4) is 0 Å². The average molecular weight is 546 g/mol. The number of benzene rings is 1. The number of carbonyl (C=O) groups excluding carboxylic acids is 2. The van der Waals surface area contributed by atoms with Crippen molar-refractivity contribution < 1.29 is 14.7 Å². The van der Waals surface area contributed by atoms with Gasteiger partial charge in [0.25, 0.3) is 5.91 Å². The van der Waals surface area contributed by atoms with Crippen molar-refractivity contribution in [3.63, 3.8) is 0 Å². The van der Waals surface area contributed by atoms with Crippen LogP contribution >= 0.6 is 11.3 Å². The fourth-order valence-corrected chi connectivity index (χ4v) is 5.92. The van der Waals surface area contributed by atoms with Crippen molar-refractivity contribution in [1.29, 1.82) is 5.26 Å². The summed E-state index contributed by atoms with van der Waals surface area (Å²) in [6.45, 7) is 2.74. The van der Waals surface area contributed by atoms with Crippen molar-refractivity contribution in [3.8, 4) is 17.3 Å². The summed E-state index contributed by atoms with van der Waals surface area (Å²) in [7, 11) is 0. The number of rotatable bonds is 7. The standard InChI is InChI=1S/C28H31N7O3S/c29-11-18-3-5-20(6-4-18)23-17-39-26(33-23)13-32-27(37)21-2-1-8-35(15-21)28(38)22-12-31-25(30)10-24(22)34-9-7-19(14-34)16-36/h3-6,10,12,17,19,21,36H,1-2,7-9,13-16H2,(H2,30,31)(H,32,37)/t19-,21+/m1/s1. The van der Waals surface area contributed by atoms with Crippen LogP contribution in [0.25, 0.3) is 11.3 Å². The molecule has 2 aliphatic heterocycles. The van der Waals surface area contributed by atoms with Gasteiger partial charge in [0.2, 0.25) is 5.91 Å². The van der Waals surface area contributed by atoms with E-state index in [2.05, 4.69) is 26.3 Å². The van der Waals surface area contributed by atoms with Gasteiger partial charge in [-0.1, -0.05) is 12.1 Å². The molecule has 2 amide bonds. The highest BCUT2D eigenvalue weighted by molar-refractivity contribution is 7.09. The predicted octanol–water partition coefficient (Wildman–Crippen LogP) is 2.65. The van der Waals surface area contributed by atoms with E-state index in [-0.39, 0.29) is 30.3 Å². The number of aromatic nitrogens is 2. The Labute approximate surface area is 231 Å². The molecule has 10 nitrogen and oxygen atoms in total. The first kappa shape index (κ1) is 26.6. The third-order valence-corrected chi connectivity index (χ3v) is 8.22. The van der Waals surface area contributed by atoms with Crippen molar-refractivity contribution in [2.24, 2.45) is 11.8 Å². The van der Waals surface area contributed by atoms with Gasteiger partial charge in [0.05, 0.1) is 41.0 Å². The molecule has 11 heteroatoms. The Kier molecular flexibility index (Phi) is 8.05. The number of nitrogens with two attached hydrogens (primary N) is 1. The lowest BCUT2D eigenvalue weighted by molar-refractivity contribution is -0.126. The van der Waals surface area contributed by atoms with Crippen molar-refractivity contribution in [2.45, 2.75) is 25.8 Å². The fourth-order valence-electron chi connectivity index (χ4n) is 5.18. The summed E-state index contributed by atoms with van der Waals surface area (Å²) in [5, 5.41) is 24.2. The van der Waals surface area contributed by atoms with Crippen LogP contribution in [0, 0.1) is 23.2 Å². The van der Waals surface area contributed by atoms with Gasteiger partial charge in [-0.05, 0) is 31.4 Å². The van der Waals surface area contributed by atoms with Crippen LogP contribution in [0.4, 0.5) is 11.5 Å². The lowest BCUT2D eigenvalue weighted by Gasteiger charge is -2.33. The Morgan fingerprint density at radius 1 is 1.21 bits per heavy atom. The van der Waals surface area contributed by atoms with Crippen LogP contribution in [0.15, 0.2) is 41.9 Å². The minimum absolute atomic E-state index is 0.0939. The number of thiazole rings is 1. The zero-order valence-electron chi connectivity index (χ0n) is 21.5. The molecule has 2 aromatic heterocycles. The maximum Gasteiger partial charge on any atom is 0.257 e. The van der Waals surface area contributed by atoms with Gasteiger partial charge in [0, 0.05) is 61.9 Å². The van der Waals surface area contributed by atoms with Gasteiger partial charge in [-0.3, -0.25) is 9.59 Å². The van der Waals surface area contributed by atoms with Crippen LogP contribution in [0.5, 0.6) is 0 Å². The normalized spacial score (nSPS) is 19.1. The molecule has 202 valence electrons. The molecular weight excluding hydrogens is 514 g/mol. The molecule has 4 N–H and O–H groups in total. The van der Waals surface area contributed by atoms with E-state index in [1.165, 1.54) is 17.5 Å². The fraction of sp³-hybridized carbons (Fsp3) is 0.393. The number of anilines is 2. The van der Waals surface area contributed by atoms with Crippen molar-refractivity contribution in [1.82, 2.24) is 20.2 Å². The number of aliphatic hydroxyl groups excluding tert-OH is 1. The van der Waals surface area contributed by atoms with E-state index in [1.807, 2.05) is 17.5 Å². The molecule has 5 rings (SSSR count). The zero-order valence-corrected chi connectivity index (χ0v) is 22.4. The number of nitriles is 1. The quantitative estimate of drug-likeness (QED) is 0.410. The molecule has 3 aromatic rings. The van der Waals surface area contributed by atoms with E-state index in [4.69, 9.17) is 11.0 Å². The second-order valence-corrected chi connectivity index (χ2v) is 11.0. The maximum atomic E-state index is 13.6. The lowest BCUT2D eigenvalue weighted by Crippen LogP contribution is -2.45. The summed E-state index contributed by atoms with van der Waals surface area (Å²) in [5.41, 5.74) is 9.47. The Morgan fingerprint density at radius 3 is 2.77 bits per heavy atom. The minimum Gasteiger partial charge on any atom is -0.396 e. The molecule has 0 spiro atoms. The summed E-state index contributed by atoms with van der Waals surface area (Å²) >= 11 is 1.47. The van der Waals surface area contributed by atoms with Crippen LogP contribution in [-0.2, 0) is 11.3 Å². The highest BCUT2D eigenvalue weighted by atomic mass is 32.1. The largest absolute Gasteiger partial charge is 0.396 e. The second kappa shape index (κ2) is 11.8. The minimum atomic E-state index is -0.309. The predicted molar refractivity (Wildman–Crippen MR) is 149 cm³/mol. The average Bonchev–Trinajstić information content (AvgIpc) is 3.66. The summed E-state index contributed by atoms with van der Waals surface area (Å²) in [6.07, 6.45) is 3.82. The van der Waals surface area contributed by atoms with Gasteiger partial charge in [0.1, 0.15) is 10.8 Å². The van der Waals surface area contributed by atoms with E-state index in [1.54, 1.807) is 23.1 Å². The Hall–Kier alpha value is -4.01. The molecule has 4 heterocycles. The molecule has 2 fully saturated rings. The monoisotopic (exact) mass is 545 g/mol. The van der Waals surface area contributed by atoms with Gasteiger partial charge in [-0.15, -0.1) is 11.3 Å². The number of aliphatic hydroxyl groups is 1. The SMILES string of the molecule is N#Cc1ccc(-c2csc(CNC(=O)[C@H]3CCCN(C(=O)c4cnc(N)cc4N4CC[C@@H](CO)C4)C3)n2)cc1. The molecule has 0 unspecified atom stereocenters. The van der Waals surface area contributed by atoms with Crippen molar-refractivity contribution in [2.75, 3.05) is 43.4 Å². The third kappa shape index (κ3) is 6.02. The Morgan fingerprint density at radius 2 is 2.03 bits per heavy atom. The van der Waals surface area contributed by atoms with Gasteiger partial charge >= 0.3 is 0 Å². The number of nitrogens with zero attached hydrogens (tertiary/aromatic N) is 5. The maximum absolute atomic E-state index is 13.6. The number of likely N-dealkylation sites (tertiary alicyclic amines) is 1. The first-order valence-electron chi connectivity index (χ1n) is 13.1. The number of amides is 2. The van der Waals surface area contributed by atoms with E-state index in [0.717, 1.165) is 41.3 Å². The van der Waals surface area contributed by atoms with Crippen LogP contribution in [0.2, 0.25) is 0 Å². The summed E-state index contributed by atoms with van der Waals surface area (Å²) in [5.74, 6) is -0.0488. The third-order valence-electron chi connectivity index (χ3n) is 7.37. The number of hydrogen-bond acceptors (Lipinski definition) is 9. The number of piperidine rings is 1. The highest BCUT2D eigenvalue weighted by Crippen LogP contribution is 2.30. The molecule has 2 saturated heterocycles. The first-order chi connectivity index (χ1) is 18.9. The Bertz CT molecular complexity index is 1380. The van der Waals surface area contributed by atoms with E-state index in [9.17, 15) is 14.7 Å². The molecule has 39 heavy (non-hydrogen) atoms. The van der Waals surface area contributed by atoms with Gasteiger partial charge in [-0.25, -0.2) is 9.97 Å². The number of pyridine rings is 1. The van der Waals surface area contributed by atoms with Crippen LogP contribution in [0.1, 0.15) is 40.2 Å². The number of hydrogen-bond donors (Lipinski definition) is 3. The van der Waals surface area contributed by atoms with Crippen molar-refractivity contribution >= 4 is 34.7 Å². The van der Waals surface area contributed by atoms with E-state index >= 15 is 0 Å². The van der Waals surface area contributed by atoms with E-state index < -0.39 is 0 Å². The van der Waals surface area contributed by atoms with Gasteiger partial charge < -0.3 is 26.0 Å². The number of nitrogens with one attached hydrogen (secondary N) is 1. The second-order valence-electron chi connectivity index (χ2n) is 10.0. The topological polar surface area (TPSA) is 148 Å². The summed E-state index contributed by atoms with van der Waals surface area (Å²) in [4.78, 5) is 39.2. The number of carbonyl (C=O) groups is 2. The van der Waals surface area contributed by atoms with Gasteiger partial charge in [0.15, 0.2) is 0 Å². The number of nitrogen functional groups attached to an aromatic ring is 1. The lowest BCUT2D eigenvalue weighted by atomic mass is 9.96. The molecule has 0 aliphatic carbocycles. The smallest absolute Gasteiger partial charge is 0.257 e. The Balaban J connectivity index is 1.20. The first-order valence-corrected chi connectivity index (χ1v) is 14.0. The van der Waals surface area contributed by atoms with Gasteiger partial charge in [-0.2, -0.15) is 5.26 Å². The summed E-state index contributed by atoms with van der Waals surface area (Å²) in [6, 6.07) is 11.1. The molecule has 2 atom stereocenters. The summed E-state index contributed by atoms with van der Waals surface area (Å²) < 4.78 is 0. The molecule has 1 aromatic carbocycles. The molecule has 0 saturated carbocycles. The molecule has 2 aliphatic rings. The van der Waals surface area contributed by atoms with E-state index in [0.29, 0.717) is 49.5 Å². The van der Waals surface area contributed by atoms with Crippen LogP contribution < -0.4 is 16.0 Å². The van der Waals surface area contributed by atoms with Crippen molar-refractivity contribution in [3.05, 3.63) is 58.0 Å². The molecule has 0 bridgehead atoms. The van der Waals surface area contributed by atoms with Crippen LogP contribution in [-0.4, -0.2) is 64.6 Å². The highest BCUT2D eigenvalue weighted by Gasteiger charge is 2.32.